The number of allylic oxidation sites excluding steroid dienone is 4. The molecule has 0 amide bonds. The monoisotopic (exact) mass is 422 g/mol. The van der Waals surface area contributed by atoms with Gasteiger partial charge < -0.3 is 14.3 Å². The molecule has 1 aromatic heterocycles. The van der Waals surface area contributed by atoms with Gasteiger partial charge in [0.2, 0.25) is 5.78 Å². The summed E-state index contributed by atoms with van der Waals surface area (Å²) in [6, 6.07) is 2.03. The highest BCUT2D eigenvalue weighted by molar-refractivity contribution is 6.06. The normalized spacial score (nSPS) is 49.4. The third-order valence-electron chi connectivity index (χ3n) is 10.2. The second kappa shape index (κ2) is 5.25. The van der Waals surface area contributed by atoms with Crippen LogP contribution in [-0.4, -0.2) is 28.4 Å². The van der Waals surface area contributed by atoms with Gasteiger partial charge in [-0.3, -0.25) is 9.59 Å². The molecule has 3 fully saturated rings. The van der Waals surface area contributed by atoms with Crippen LogP contribution in [0.5, 0.6) is 0 Å². The van der Waals surface area contributed by atoms with Gasteiger partial charge in [-0.2, -0.15) is 0 Å². The summed E-state index contributed by atoms with van der Waals surface area (Å²) in [4.78, 5) is 26.7. The van der Waals surface area contributed by atoms with Crippen molar-refractivity contribution >= 4 is 11.6 Å². The first-order chi connectivity index (χ1) is 14.5. The predicted octanol–water partition coefficient (Wildman–Crippen LogP) is 4.89. The van der Waals surface area contributed by atoms with Gasteiger partial charge in [0.25, 0.3) is 0 Å². The summed E-state index contributed by atoms with van der Waals surface area (Å²) in [5.41, 5.74) is -1.40. The number of epoxide rings is 1. The Morgan fingerprint density at radius 1 is 1.13 bits per heavy atom. The number of aliphatic hydroxyl groups excluding tert-OH is 1. The van der Waals surface area contributed by atoms with E-state index in [1.165, 1.54) is 5.56 Å². The molecule has 164 valence electrons. The van der Waals surface area contributed by atoms with Crippen molar-refractivity contribution in [2.75, 3.05) is 0 Å². The average Bonchev–Trinajstić information content (AvgIpc) is 3.07. The summed E-state index contributed by atoms with van der Waals surface area (Å²) in [6.45, 7) is 10.0. The van der Waals surface area contributed by atoms with E-state index in [0.29, 0.717) is 5.57 Å². The Morgan fingerprint density at radius 3 is 2.55 bits per heavy atom. The molecular formula is C26H30O5. The molecule has 1 spiro atoms. The quantitative estimate of drug-likeness (QED) is 0.652. The third-order valence-corrected chi connectivity index (χ3v) is 10.2. The number of aliphatic hydroxyl groups is 1. The first-order valence-electron chi connectivity index (χ1n) is 11.4. The number of hydrogen-bond acceptors (Lipinski definition) is 5. The molecule has 1 aliphatic heterocycles. The minimum Gasteiger partial charge on any atom is -0.504 e. The summed E-state index contributed by atoms with van der Waals surface area (Å²) < 4.78 is 11.9. The maximum absolute atomic E-state index is 14.0. The predicted molar refractivity (Wildman–Crippen MR) is 113 cm³/mol. The van der Waals surface area contributed by atoms with Crippen LogP contribution in [0.1, 0.15) is 65.4 Å². The van der Waals surface area contributed by atoms with Crippen molar-refractivity contribution < 1.29 is 23.8 Å². The maximum atomic E-state index is 14.0. The summed E-state index contributed by atoms with van der Waals surface area (Å²) >= 11 is 0. The number of carbonyl (C=O) groups is 2. The lowest BCUT2D eigenvalue weighted by molar-refractivity contribution is -0.162. The largest absolute Gasteiger partial charge is 0.504 e. The Morgan fingerprint density at radius 2 is 1.87 bits per heavy atom. The first kappa shape index (κ1) is 19.5. The van der Waals surface area contributed by atoms with Crippen molar-refractivity contribution in [3.63, 3.8) is 0 Å². The Labute approximate surface area is 182 Å². The highest BCUT2D eigenvalue weighted by Crippen LogP contribution is 2.81. The second-order valence-corrected chi connectivity index (χ2v) is 11.6. The van der Waals surface area contributed by atoms with Gasteiger partial charge in [-0.1, -0.05) is 19.9 Å². The SMILES string of the molecule is CC1(C)C(=O)C=C[C@@]2(C)C1=C(O)C(=O)[C@@]1(C)C2CC[C@@]2(C)C(c3ccoc3)C[C@H]3O[C@@]321. The molecule has 5 aliphatic rings. The molecule has 0 radical (unpaired) electrons. The summed E-state index contributed by atoms with van der Waals surface area (Å²) in [7, 11) is 0. The molecule has 5 heteroatoms. The number of fused-ring (bicyclic) bond motifs is 3. The number of furan rings is 1. The Balaban J connectivity index is 1.57. The molecule has 1 aromatic rings. The molecular weight excluding hydrogens is 392 g/mol. The van der Waals surface area contributed by atoms with Crippen molar-refractivity contribution in [3.8, 4) is 0 Å². The van der Waals surface area contributed by atoms with Crippen LogP contribution in [0.15, 0.2) is 46.5 Å². The second-order valence-electron chi connectivity index (χ2n) is 11.6. The molecule has 2 unspecified atom stereocenters. The number of hydrogen-bond donors (Lipinski definition) is 1. The zero-order valence-electron chi connectivity index (χ0n) is 18.8. The van der Waals surface area contributed by atoms with E-state index in [2.05, 4.69) is 13.8 Å². The van der Waals surface area contributed by atoms with E-state index in [1.54, 1.807) is 12.3 Å². The molecule has 2 saturated carbocycles. The van der Waals surface area contributed by atoms with Crippen LogP contribution >= 0.6 is 0 Å². The van der Waals surface area contributed by atoms with Gasteiger partial charge in [0.05, 0.1) is 29.5 Å². The maximum Gasteiger partial charge on any atom is 0.206 e. The van der Waals surface area contributed by atoms with Crippen molar-refractivity contribution in [3.05, 3.63) is 47.6 Å². The molecule has 5 nitrogen and oxygen atoms in total. The fourth-order valence-electron chi connectivity index (χ4n) is 8.78. The molecule has 2 heterocycles. The van der Waals surface area contributed by atoms with Gasteiger partial charge in [0, 0.05) is 10.8 Å². The van der Waals surface area contributed by atoms with Crippen LogP contribution in [0.2, 0.25) is 0 Å². The molecule has 0 aromatic carbocycles. The van der Waals surface area contributed by atoms with Crippen LogP contribution in [-0.2, 0) is 14.3 Å². The van der Waals surface area contributed by atoms with Gasteiger partial charge >= 0.3 is 0 Å². The molecule has 7 atom stereocenters. The van der Waals surface area contributed by atoms with Crippen molar-refractivity contribution in [1.82, 2.24) is 0 Å². The lowest BCUT2D eigenvalue weighted by atomic mass is 9.39. The molecule has 6 rings (SSSR count). The van der Waals surface area contributed by atoms with E-state index in [4.69, 9.17) is 9.15 Å². The van der Waals surface area contributed by atoms with Crippen molar-refractivity contribution in [1.29, 1.82) is 0 Å². The average molecular weight is 423 g/mol. The van der Waals surface area contributed by atoms with Gasteiger partial charge in [0.1, 0.15) is 5.60 Å². The Kier molecular flexibility index (Phi) is 3.31. The van der Waals surface area contributed by atoms with Crippen LogP contribution < -0.4 is 0 Å². The fraction of sp³-hybridized carbons (Fsp3) is 0.615. The zero-order valence-corrected chi connectivity index (χ0v) is 18.8. The molecule has 4 aliphatic carbocycles. The Hall–Kier alpha value is -2.14. The van der Waals surface area contributed by atoms with Gasteiger partial charge in [0.15, 0.2) is 11.5 Å². The number of ketones is 2. The van der Waals surface area contributed by atoms with E-state index in [1.807, 2.05) is 39.2 Å². The van der Waals surface area contributed by atoms with Gasteiger partial charge in [-0.25, -0.2) is 0 Å². The minimum atomic E-state index is -0.901. The smallest absolute Gasteiger partial charge is 0.206 e. The van der Waals surface area contributed by atoms with E-state index in [0.717, 1.165) is 19.3 Å². The van der Waals surface area contributed by atoms with E-state index < -0.39 is 21.8 Å². The van der Waals surface area contributed by atoms with E-state index in [9.17, 15) is 14.7 Å². The lowest BCUT2D eigenvalue weighted by Gasteiger charge is -2.62. The summed E-state index contributed by atoms with van der Waals surface area (Å²) in [6.07, 6.45) is 9.76. The van der Waals surface area contributed by atoms with E-state index >= 15 is 0 Å². The van der Waals surface area contributed by atoms with Crippen LogP contribution in [0.4, 0.5) is 0 Å². The molecule has 0 bridgehead atoms. The molecule has 1 saturated heterocycles. The minimum absolute atomic E-state index is 0.00527. The van der Waals surface area contributed by atoms with Crippen LogP contribution in [0, 0.1) is 27.6 Å². The number of ether oxygens (including phenoxy) is 1. The van der Waals surface area contributed by atoms with Gasteiger partial charge in [-0.15, -0.1) is 0 Å². The van der Waals surface area contributed by atoms with Crippen molar-refractivity contribution in [2.24, 2.45) is 27.6 Å². The fourth-order valence-corrected chi connectivity index (χ4v) is 8.78. The number of Topliss-reactive ketones (excluding diaryl/α,β-unsaturated/α-hetero) is 1. The topological polar surface area (TPSA) is 80.0 Å². The number of carbonyl (C=O) groups excluding carboxylic acids is 2. The number of rotatable bonds is 1. The summed E-state index contributed by atoms with van der Waals surface area (Å²) in [5, 5.41) is 11.4. The Bertz CT molecular complexity index is 1090. The molecule has 31 heavy (non-hydrogen) atoms. The lowest BCUT2D eigenvalue weighted by Crippen LogP contribution is -2.66. The standard InChI is InChI=1S/C26H30O5/c1-22(2)17(27)7-9-23(3)16-6-10-24(4)15(14-8-11-30-13-14)12-18-26(24,31-18)25(16,5)21(29)19(28)20(22)23/h7-9,11,13,15-16,18,28H,6,10,12H2,1-5H3/t15?,16?,18-,23-,24+,25-,26+/m1/s1. The first-order valence-corrected chi connectivity index (χ1v) is 11.4. The summed E-state index contributed by atoms with van der Waals surface area (Å²) in [5.74, 6) is -0.312. The van der Waals surface area contributed by atoms with Crippen LogP contribution in [0.3, 0.4) is 0 Å². The van der Waals surface area contributed by atoms with Gasteiger partial charge in [-0.05, 0) is 75.1 Å². The van der Waals surface area contributed by atoms with E-state index in [-0.39, 0.29) is 40.7 Å². The van der Waals surface area contributed by atoms with Crippen molar-refractivity contribution in [2.45, 2.75) is 71.5 Å². The third kappa shape index (κ3) is 1.80. The highest BCUT2D eigenvalue weighted by atomic mass is 16.6. The van der Waals surface area contributed by atoms with Crippen LogP contribution in [0.25, 0.3) is 0 Å². The zero-order chi connectivity index (χ0) is 22.2. The highest BCUT2D eigenvalue weighted by Gasteiger charge is 2.87. The molecule has 1 N–H and O–H groups in total.